The summed E-state index contributed by atoms with van der Waals surface area (Å²) in [4.78, 5) is 14.6. The van der Waals surface area contributed by atoms with Crippen LogP contribution in [0.15, 0.2) is 11.0 Å². The quantitative estimate of drug-likeness (QED) is 0.907. The van der Waals surface area contributed by atoms with E-state index in [2.05, 4.69) is 22.4 Å². The number of halogens is 1. The first-order valence-corrected chi connectivity index (χ1v) is 7.22. The second-order valence-corrected chi connectivity index (χ2v) is 6.10. The topological polar surface area (TPSA) is 50.2 Å². The molecular formula is C13H19ClN4O. The maximum absolute atomic E-state index is 12.4. The predicted molar refractivity (Wildman–Crippen MR) is 75.8 cm³/mol. The maximum atomic E-state index is 12.4. The summed E-state index contributed by atoms with van der Waals surface area (Å²) >= 11 is 6.12. The Hall–Kier alpha value is -1.07. The molecule has 1 aliphatic heterocycles. The first-order valence-electron chi connectivity index (χ1n) is 6.84. The molecule has 3 rings (SSSR count). The molecule has 0 spiro atoms. The van der Waals surface area contributed by atoms with Crippen molar-refractivity contribution in [2.45, 2.75) is 31.8 Å². The zero-order valence-electron chi connectivity index (χ0n) is 11.1. The molecule has 0 aromatic carbocycles. The molecule has 0 amide bonds. The van der Waals surface area contributed by atoms with Crippen LogP contribution in [0.1, 0.15) is 19.3 Å². The normalized spacial score (nSPS) is 23.8. The van der Waals surface area contributed by atoms with Crippen LogP contribution in [-0.4, -0.2) is 40.9 Å². The van der Waals surface area contributed by atoms with Crippen LogP contribution in [0.2, 0.25) is 5.02 Å². The van der Waals surface area contributed by atoms with E-state index in [1.54, 1.807) is 10.9 Å². The molecule has 1 aromatic rings. The molecule has 2 fully saturated rings. The standard InChI is InChI=1S/C13H19ClN4O/c1-17-5-4-10(8-17)16-12-11(14)6-15-18(13(12)19)7-9-2-3-9/h6,9-10,16H,2-5,7-8H2,1H3. The van der Waals surface area contributed by atoms with Crippen LogP contribution in [0.4, 0.5) is 5.69 Å². The van der Waals surface area contributed by atoms with Crippen molar-refractivity contribution >= 4 is 17.3 Å². The highest BCUT2D eigenvalue weighted by molar-refractivity contribution is 6.33. The lowest BCUT2D eigenvalue weighted by atomic mass is 10.2. The maximum Gasteiger partial charge on any atom is 0.291 e. The monoisotopic (exact) mass is 282 g/mol. The smallest absolute Gasteiger partial charge is 0.291 e. The fourth-order valence-electron chi connectivity index (χ4n) is 2.53. The van der Waals surface area contributed by atoms with Crippen molar-refractivity contribution in [3.8, 4) is 0 Å². The van der Waals surface area contributed by atoms with E-state index >= 15 is 0 Å². The molecule has 1 aliphatic carbocycles. The van der Waals surface area contributed by atoms with Gasteiger partial charge in [-0.25, -0.2) is 4.68 Å². The summed E-state index contributed by atoms with van der Waals surface area (Å²) < 4.78 is 1.55. The summed E-state index contributed by atoms with van der Waals surface area (Å²) in [5.74, 6) is 0.622. The molecule has 1 atom stereocenters. The second kappa shape index (κ2) is 5.13. The van der Waals surface area contributed by atoms with Crippen LogP contribution in [0.25, 0.3) is 0 Å². The zero-order chi connectivity index (χ0) is 13.4. The van der Waals surface area contributed by atoms with Crippen molar-refractivity contribution in [3.05, 3.63) is 21.6 Å². The minimum absolute atomic E-state index is 0.0889. The lowest BCUT2D eigenvalue weighted by Gasteiger charge is -2.15. The van der Waals surface area contributed by atoms with Crippen molar-refractivity contribution in [3.63, 3.8) is 0 Å². The number of rotatable bonds is 4. The molecule has 2 heterocycles. The molecule has 1 N–H and O–H groups in total. The molecule has 2 aliphatic rings. The van der Waals surface area contributed by atoms with E-state index in [4.69, 9.17) is 11.6 Å². The van der Waals surface area contributed by atoms with Crippen LogP contribution in [0, 0.1) is 5.92 Å². The number of nitrogens with one attached hydrogen (secondary N) is 1. The highest BCUT2D eigenvalue weighted by Crippen LogP contribution is 2.30. The van der Waals surface area contributed by atoms with E-state index in [0.29, 0.717) is 22.7 Å². The third-order valence-electron chi connectivity index (χ3n) is 3.87. The van der Waals surface area contributed by atoms with Crippen molar-refractivity contribution in [1.82, 2.24) is 14.7 Å². The van der Waals surface area contributed by atoms with E-state index in [9.17, 15) is 4.79 Å². The molecular weight excluding hydrogens is 264 g/mol. The van der Waals surface area contributed by atoms with Crippen molar-refractivity contribution in [2.75, 3.05) is 25.5 Å². The predicted octanol–water partition coefficient (Wildman–Crippen LogP) is 1.42. The van der Waals surface area contributed by atoms with Gasteiger partial charge in [-0.3, -0.25) is 4.79 Å². The minimum atomic E-state index is -0.0889. The Bertz CT molecular complexity index is 526. The Balaban J connectivity index is 1.80. The van der Waals surface area contributed by atoms with E-state index < -0.39 is 0 Å². The summed E-state index contributed by atoms with van der Waals surface area (Å²) in [5, 5.41) is 7.85. The van der Waals surface area contributed by atoms with Gasteiger partial charge in [0.2, 0.25) is 0 Å². The molecule has 104 valence electrons. The molecule has 0 radical (unpaired) electrons. The third kappa shape index (κ3) is 2.92. The molecule has 1 saturated heterocycles. The van der Waals surface area contributed by atoms with Gasteiger partial charge in [0.05, 0.1) is 11.2 Å². The van der Waals surface area contributed by atoms with Crippen LogP contribution < -0.4 is 10.9 Å². The summed E-state index contributed by atoms with van der Waals surface area (Å²) in [6.07, 6.45) is 5.02. The van der Waals surface area contributed by atoms with Crippen molar-refractivity contribution < 1.29 is 0 Å². The van der Waals surface area contributed by atoms with Gasteiger partial charge in [-0.15, -0.1) is 0 Å². The van der Waals surface area contributed by atoms with Crippen LogP contribution in [0.3, 0.4) is 0 Å². The fraction of sp³-hybridized carbons (Fsp3) is 0.692. The zero-order valence-corrected chi connectivity index (χ0v) is 11.9. The van der Waals surface area contributed by atoms with Gasteiger partial charge in [0.15, 0.2) is 0 Å². The van der Waals surface area contributed by atoms with Gasteiger partial charge in [-0.2, -0.15) is 5.10 Å². The van der Waals surface area contributed by atoms with Gasteiger partial charge in [0.1, 0.15) is 5.69 Å². The Morgan fingerprint density at radius 2 is 2.26 bits per heavy atom. The summed E-state index contributed by atoms with van der Waals surface area (Å²) in [5.41, 5.74) is 0.423. The Kier molecular flexibility index (Phi) is 3.50. The number of nitrogens with zero attached hydrogens (tertiary/aromatic N) is 3. The highest BCUT2D eigenvalue weighted by atomic mass is 35.5. The number of likely N-dealkylation sites (N-methyl/N-ethyl adjacent to an activating group) is 1. The summed E-state index contributed by atoms with van der Waals surface area (Å²) in [7, 11) is 2.08. The average molecular weight is 283 g/mol. The summed E-state index contributed by atoms with van der Waals surface area (Å²) in [6.45, 7) is 2.71. The third-order valence-corrected chi connectivity index (χ3v) is 4.15. The molecule has 19 heavy (non-hydrogen) atoms. The minimum Gasteiger partial charge on any atom is -0.375 e. The van der Waals surface area contributed by atoms with Crippen molar-refractivity contribution in [2.24, 2.45) is 5.92 Å². The SMILES string of the molecule is CN1CCC(Nc2c(Cl)cnn(CC3CC3)c2=O)C1. The van der Waals surface area contributed by atoms with Crippen molar-refractivity contribution in [1.29, 1.82) is 0 Å². The van der Waals surface area contributed by atoms with Crippen LogP contribution in [0.5, 0.6) is 0 Å². The molecule has 0 bridgehead atoms. The fourth-order valence-corrected chi connectivity index (χ4v) is 2.71. The lowest BCUT2D eigenvalue weighted by molar-refractivity contribution is 0.414. The molecule has 5 nitrogen and oxygen atoms in total. The molecule has 1 saturated carbocycles. The molecule has 1 unspecified atom stereocenters. The van der Waals surface area contributed by atoms with Gasteiger partial charge < -0.3 is 10.2 Å². The average Bonchev–Trinajstić information content (AvgIpc) is 3.10. The summed E-state index contributed by atoms with van der Waals surface area (Å²) in [6, 6.07) is 0.298. The largest absolute Gasteiger partial charge is 0.375 e. The Morgan fingerprint density at radius 1 is 1.47 bits per heavy atom. The number of hydrogen-bond acceptors (Lipinski definition) is 4. The second-order valence-electron chi connectivity index (χ2n) is 5.69. The lowest BCUT2D eigenvalue weighted by Crippen LogP contribution is -2.31. The number of likely N-dealkylation sites (tertiary alicyclic amines) is 1. The van der Waals surface area contributed by atoms with Crippen LogP contribution in [-0.2, 0) is 6.54 Å². The van der Waals surface area contributed by atoms with Gasteiger partial charge >= 0.3 is 0 Å². The molecule has 6 heteroatoms. The van der Waals surface area contributed by atoms with Gasteiger partial charge in [0.25, 0.3) is 5.56 Å². The first kappa shape index (κ1) is 12.9. The highest BCUT2D eigenvalue weighted by Gasteiger charge is 2.25. The number of anilines is 1. The first-order chi connectivity index (χ1) is 9.13. The van der Waals surface area contributed by atoms with E-state index in [0.717, 1.165) is 26.1 Å². The van der Waals surface area contributed by atoms with Gasteiger partial charge in [-0.1, -0.05) is 11.6 Å². The van der Waals surface area contributed by atoms with Crippen LogP contribution >= 0.6 is 11.6 Å². The Labute approximate surface area is 117 Å². The van der Waals surface area contributed by atoms with E-state index in [1.807, 2.05) is 0 Å². The van der Waals surface area contributed by atoms with Gasteiger partial charge in [0, 0.05) is 19.1 Å². The number of aromatic nitrogens is 2. The Morgan fingerprint density at radius 3 is 2.89 bits per heavy atom. The van der Waals surface area contributed by atoms with E-state index in [1.165, 1.54) is 12.8 Å². The van der Waals surface area contributed by atoms with Gasteiger partial charge in [-0.05, 0) is 38.8 Å². The van der Waals surface area contributed by atoms with E-state index in [-0.39, 0.29) is 5.56 Å². The molecule has 1 aromatic heterocycles. The number of hydrogen-bond donors (Lipinski definition) is 1.